The molecule has 2 N–H and O–H groups in total. The van der Waals surface area contributed by atoms with Crippen LogP contribution < -0.4 is 5.73 Å². The number of nitrogens with zero attached hydrogens (tertiary/aromatic N) is 2. The molecule has 3 nitrogen and oxygen atoms in total. The zero-order chi connectivity index (χ0) is 9.14. The van der Waals surface area contributed by atoms with E-state index < -0.39 is 0 Å². The van der Waals surface area contributed by atoms with E-state index in [1.54, 1.807) is 0 Å². The molecule has 0 atom stereocenters. The Hall–Kier alpha value is -0.540. The fourth-order valence-electron chi connectivity index (χ4n) is 1.27. The van der Waals surface area contributed by atoms with Crippen molar-refractivity contribution < 1.29 is 0 Å². The number of hydrogen-bond donors (Lipinski definition) is 1. The van der Waals surface area contributed by atoms with Crippen LogP contribution in [0, 0.1) is 0 Å². The summed E-state index contributed by atoms with van der Waals surface area (Å²) in [5, 5.41) is 0.597. The van der Waals surface area contributed by atoms with Gasteiger partial charge in [0.15, 0.2) is 5.15 Å². The lowest BCUT2D eigenvalue weighted by Crippen LogP contribution is -2.08. The smallest absolute Gasteiger partial charge is 0.150 e. The molecular weight excluding hydrogens is 174 g/mol. The van der Waals surface area contributed by atoms with Crippen LogP contribution >= 0.6 is 11.6 Å². The Morgan fingerprint density at radius 2 is 2.25 bits per heavy atom. The Bertz CT molecular complexity index is 268. The second-order valence-corrected chi connectivity index (χ2v) is 3.07. The molecule has 1 heterocycles. The molecule has 0 saturated carbocycles. The maximum atomic E-state index is 5.92. The minimum atomic E-state index is 0.597. The molecule has 0 fully saturated rings. The van der Waals surface area contributed by atoms with Gasteiger partial charge >= 0.3 is 0 Å². The zero-order valence-electron chi connectivity index (χ0n) is 7.47. The summed E-state index contributed by atoms with van der Waals surface area (Å²) in [6.07, 6.45) is 1.70. The maximum Gasteiger partial charge on any atom is 0.150 e. The van der Waals surface area contributed by atoms with Crippen LogP contribution in [0.25, 0.3) is 0 Å². The highest BCUT2D eigenvalue weighted by atomic mass is 35.5. The standard InChI is InChI=1S/C8H14ClN3/c1-3-7-11-8(9)6(4-5-10)12(7)2/h3-5,10H2,1-2H3. The number of aryl methyl sites for hydroxylation is 1. The lowest BCUT2D eigenvalue weighted by molar-refractivity contribution is 0.751. The Morgan fingerprint density at radius 1 is 1.58 bits per heavy atom. The van der Waals surface area contributed by atoms with E-state index in [4.69, 9.17) is 17.3 Å². The van der Waals surface area contributed by atoms with Gasteiger partial charge in [-0.15, -0.1) is 0 Å². The van der Waals surface area contributed by atoms with Crippen molar-refractivity contribution in [2.24, 2.45) is 12.8 Å². The summed E-state index contributed by atoms with van der Waals surface area (Å²) in [6.45, 7) is 2.67. The van der Waals surface area contributed by atoms with E-state index >= 15 is 0 Å². The number of rotatable bonds is 3. The molecule has 0 aliphatic heterocycles. The molecule has 0 aliphatic rings. The van der Waals surface area contributed by atoms with Crippen LogP contribution in [0.4, 0.5) is 0 Å². The third-order valence-electron chi connectivity index (χ3n) is 1.95. The van der Waals surface area contributed by atoms with E-state index in [9.17, 15) is 0 Å². The van der Waals surface area contributed by atoms with Gasteiger partial charge in [-0.25, -0.2) is 4.98 Å². The quantitative estimate of drug-likeness (QED) is 0.771. The van der Waals surface area contributed by atoms with Crippen molar-refractivity contribution in [3.05, 3.63) is 16.7 Å². The van der Waals surface area contributed by atoms with Gasteiger partial charge in [0.2, 0.25) is 0 Å². The molecule has 1 aromatic heterocycles. The van der Waals surface area contributed by atoms with Crippen molar-refractivity contribution in [3.63, 3.8) is 0 Å². The molecule has 12 heavy (non-hydrogen) atoms. The topological polar surface area (TPSA) is 43.8 Å². The van der Waals surface area contributed by atoms with Crippen molar-refractivity contribution in [3.8, 4) is 0 Å². The van der Waals surface area contributed by atoms with Gasteiger partial charge in [0, 0.05) is 19.9 Å². The molecule has 0 spiro atoms. The lowest BCUT2D eigenvalue weighted by atomic mass is 10.3. The highest BCUT2D eigenvalue weighted by molar-refractivity contribution is 6.30. The van der Waals surface area contributed by atoms with Crippen LogP contribution in [0.15, 0.2) is 0 Å². The van der Waals surface area contributed by atoms with Crippen LogP contribution in [0.3, 0.4) is 0 Å². The van der Waals surface area contributed by atoms with Crippen LogP contribution in [-0.2, 0) is 19.9 Å². The van der Waals surface area contributed by atoms with E-state index in [2.05, 4.69) is 11.9 Å². The second kappa shape index (κ2) is 3.92. The van der Waals surface area contributed by atoms with E-state index in [1.165, 1.54) is 0 Å². The predicted octanol–water partition coefficient (Wildman–Crippen LogP) is 1.14. The number of halogens is 1. The molecule has 0 unspecified atom stereocenters. The monoisotopic (exact) mass is 187 g/mol. The third kappa shape index (κ3) is 1.62. The van der Waals surface area contributed by atoms with Crippen molar-refractivity contribution in [1.82, 2.24) is 9.55 Å². The minimum absolute atomic E-state index is 0.597. The highest BCUT2D eigenvalue weighted by Gasteiger charge is 2.09. The summed E-state index contributed by atoms with van der Waals surface area (Å²) < 4.78 is 2.02. The van der Waals surface area contributed by atoms with E-state index in [0.29, 0.717) is 11.7 Å². The number of aromatic nitrogens is 2. The SMILES string of the molecule is CCc1nc(Cl)c(CCN)n1C. The average molecular weight is 188 g/mol. The molecule has 4 heteroatoms. The third-order valence-corrected chi connectivity index (χ3v) is 2.26. The molecule has 68 valence electrons. The first kappa shape index (κ1) is 9.55. The van der Waals surface area contributed by atoms with Crippen molar-refractivity contribution in [2.45, 2.75) is 19.8 Å². The largest absolute Gasteiger partial charge is 0.334 e. The van der Waals surface area contributed by atoms with Crippen LogP contribution in [0.5, 0.6) is 0 Å². The lowest BCUT2D eigenvalue weighted by Gasteiger charge is -2.02. The Balaban J connectivity index is 3.01. The van der Waals surface area contributed by atoms with Crippen LogP contribution in [0.1, 0.15) is 18.4 Å². The molecule has 0 radical (unpaired) electrons. The number of nitrogens with two attached hydrogens (primary N) is 1. The zero-order valence-corrected chi connectivity index (χ0v) is 8.23. The summed E-state index contributed by atoms with van der Waals surface area (Å²) in [5.41, 5.74) is 6.49. The second-order valence-electron chi connectivity index (χ2n) is 2.72. The van der Waals surface area contributed by atoms with Crippen molar-refractivity contribution in [2.75, 3.05) is 6.54 Å². The van der Waals surface area contributed by atoms with Crippen molar-refractivity contribution >= 4 is 11.6 Å². The van der Waals surface area contributed by atoms with E-state index in [1.807, 2.05) is 11.6 Å². The number of imidazole rings is 1. The van der Waals surface area contributed by atoms with Crippen LogP contribution in [0.2, 0.25) is 5.15 Å². The first-order valence-corrected chi connectivity index (χ1v) is 4.48. The molecular formula is C8H14ClN3. The number of hydrogen-bond acceptors (Lipinski definition) is 2. The van der Waals surface area contributed by atoms with E-state index in [0.717, 1.165) is 24.4 Å². The molecule has 0 saturated heterocycles. The van der Waals surface area contributed by atoms with Gasteiger partial charge < -0.3 is 10.3 Å². The Kier molecular flexibility index (Phi) is 3.12. The first-order chi connectivity index (χ1) is 5.70. The molecule has 0 bridgehead atoms. The summed E-state index contributed by atoms with van der Waals surface area (Å²) in [7, 11) is 1.97. The molecule has 1 aromatic rings. The molecule has 0 amide bonds. The van der Waals surface area contributed by atoms with Gasteiger partial charge in [0.05, 0.1) is 5.69 Å². The van der Waals surface area contributed by atoms with Gasteiger partial charge in [0.1, 0.15) is 5.82 Å². The average Bonchev–Trinajstić information content (AvgIpc) is 2.32. The maximum absolute atomic E-state index is 5.92. The minimum Gasteiger partial charge on any atom is -0.334 e. The Labute approximate surface area is 77.5 Å². The molecule has 0 aliphatic carbocycles. The van der Waals surface area contributed by atoms with E-state index in [-0.39, 0.29) is 0 Å². The van der Waals surface area contributed by atoms with Crippen LogP contribution in [-0.4, -0.2) is 16.1 Å². The van der Waals surface area contributed by atoms with Crippen molar-refractivity contribution in [1.29, 1.82) is 0 Å². The summed E-state index contributed by atoms with van der Waals surface area (Å²) in [4.78, 5) is 4.22. The summed E-state index contributed by atoms with van der Waals surface area (Å²) >= 11 is 5.92. The van der Waals surface area contributed by atoms with Gasteiger partial charge in [0.25, 0.3) is 0 Å². The van der Waals surface area contributed by atoms with Gasteiger partial charge in [-0.1, -0.05) is 18.5 Å². The van der Waals surface area contributed by atoms with Gasteiger partial charge in [-0.05, 0) is 6.54 Å². The highest BCUT2D eigenvalue weighted by Crippen LogP contribution is 2.16. The summed E-state index contributed by atoms with van der Waals surface area (Å²) in [6, 6.07) is 0. The fourth-order valence-corrected chi connectivity index (χ4v) is 1.59. The predicted molar refractivity (Wildman–Crippen MR) is 50.4 cm³/mol. The Morgan fingerprint density at radius 3 is 2.67 bits per heavy atom. The van der Waals surface area contributed by atoms with Gasteiger partial charge in [-0.2, -0.15) is 0 Å². The summed E-state index contributed by atoms with van der Waals surface area (Å²) in [5.74, 6) is 1.02. The van der Waals surface area contributed by atoms with Gasteiger partial charge in [-0.3, -0.25) is 0 Å². The first-order valence-electron chi connectivity index (χ1n) is 4.10. The fraction of sp³-hybridized carbons (Fsp3) is 0.625. The molecule has 1 rings (SSSR count). The molecule has 0 aromatic carbocycles. The normalized spacial score (nSPS) is 10.7.